The van der Waals surface area contributed by atoms with Crippen LogP contribution in [0.15, 0.2) is 60.7 Å². The first kappa shape index (κ1) is 27.2. The van der Waals surface area contributed by atoms with E-state index in [1.165, 1.54) is 24.3 Å². The molecule has 192 valence electrons. The quantitative estimate of drug-likeness (QED) is 0.248. The van der Waals surface area contributed by atoms with E-state index in [1.54, 1.807) is 18.2 Å². The Morgan fingerprint density at radius 3 is 2.49 bits per heavy atom. The maximum Gasteiger partial charge on any atom is 0.433 e. The van der Waals surface area contributed by atoms with Gasteiger partial charge in [0, 0.05) is 18.2 Å². The van der Waals surface area contributed by atoms with Crippen LogP contribution in [-0.2, 0) is 27.5 Å². The molecule has 0 aliphatic rings. The van der Waals surface area contributed by atoms with E-state index in [1.807, 2.05) is 4.72 Å². The van der Waals surface area contributed by atoms with E-state index in [2.05, 4.69) is 16.2 Å². The Hall–Kier alpha value is -4.37. The summed E-state index contributed by atoms with van der Waals surface area (Å²) in [5.41, 5.74) is -1.27. The molecule has 2 aromatic carbocycles. The third-order valence-electron chi connectivity index (χ3n) is 4.61. The Labute approximate surface area is 210 Å². The molecule has 0 aliphatic carbocycles. The molecule has 12 heteroatoms. The van der Waals surface area contributed by atoms with Crippen molar-refractivity contribution in [2.24, 2.45) is 0 Å². The molecular weight excluding hydrogens is 514 g/mol. The number of amides is 1. The van der Waals surface area contributed by atoms with Crippen molar-refractivity contribution in [2.45, 2.75) is 12.7 Å². The lowest BCUT2D eigenvalue weighted by molar-refractivity contribution is -0.141. The summed E-state index contributed by atoms with van der Waals surface area (Å²) in [6.07, 6.45) is 3.74. The summed E-state index contributed by atoms with van der Waals surface area (Å²) in [6.45, 7) is -0.174. The molecule has 3 aromatic rings. The Kier molecular flexibility index (Phi) is 8.19. The van der Waals surface area contributed by atoms with Crippen molar-refractivity contribution >= 4 is 27.7 Å². The van der Waals surface area contributed by atoms with Crippen LogP contribution in [0.1, 0.15) is 22.4 Å². The number of pyridine rings is 1. The Balaban J connectivity index is 1.77. The van der Waals surface area contributed by atoms with Crippen molar-refractivity contribution in [2.75, 3.05) is 11.0 Å². The summed E-state index contributed by atoms with van der Waals surface area (Å²) in [5.74, 6) is 0.471. The first-order valence-electron chi connectivity index (χ1n) is 10.4. The number of sulfonamides is 1. The van der Waals surface area contributed by atoms with E-state index in [0.29, 0.717) is 0 Å². The van der Waals surface area contributed by atoms with E-state index in [9.17, 15) is 30.8 Å². The van der Waals surface area contributed by atoms with Crippen LogP contribution in [0.4, 0.5) is 23.2 Å². The summed E-state index contributed by atoms with van der Waals surface area (Å²) in [4.78, 5) is 15.8. The zero-order chi connectivity index (χ0) is 27.2. The number of para-hydroxylation sites is 1. The summed E-state index contributed by atoms with van der Waals surface area (Å²) in [5, 5.41) is 2.48. The largest absolute Gasteiger partial charge is 0.438 e. The second-order valence-corrected chi connectivity index (χ2v) is 9.32. The van der Waals surface area contributed by atoms with Gasteiger partial charge in [0.1, 0.15) is 17.3 Å². The van der Waals surface area contributed by atoms with Crippen molar-refractivity contribution in [3.05, 3.63) is 88.9 Å². The van der Waals surface area contributed by atoms with Gasteiger partial charge < -0.3 is 10.1 Å². The van der Waals surface area contributed by atoms with Crippen LogP contribution in [0.2, 0.25) is 0 Å². The molecule has 0 saturated carbocycles. The number of anilines is 1. The Morgan fingerprint density at radius 1 is 1.16 bits per heavy atom. The molecule has 0 saturated heterocycles. The number of halogens is 4. The fourth-order valence-corrected chi connectivity index (χ4v) is 3.58. The molecule has 1 heterocycles. The van der Waals surface area contributed by atoms with Gasteiger partial charge in [0.15, 0.2) is 0 Å². The third kappa shape index (κ3) is 7.81. The van der Waals surface area contributed by atoms with Gasteiger partial charge in [0.25, 0.3) is 0 Å². The number of carbonyl (C=O) groups excluding carboxylic acids is 1. The van der Waals surface area contributed by atoms with Crippen LogP contribution >= 0.6 is 0 Å². The third-order valence-corrected chi connectivity index (χ3v) is 5.19. The van der Waals surface area contributed by atoms with Crippen molar-refractivity contribution in [1.29, 1.82) is 0 Å². The van der Waals surface area contributed by atoms with Gasteiger partial charge >= 0.3 is 6.18 Å². The highest BCUT2D eigenvalue weighted by Gasteiger charge is 2.33. The zero-order valence-electron chi connectivity index (χ0n) is 19.1. The monoisotopic (exact) mass is 533 g/mol. The van der Waals surface area contributed by atoms with Crippen LogP contribution in [-0.4, -0.2) is 25.6 Å². The molecule has 3 rings (SSSR count). The summed E-state index contributed by atoms with van der Waals surface area (Å²) < 4.78 is 84.1. The second-order valence-electron chi connectivity index (χ2n) is 7.57. The number of alkyl halides is 3. The highest BCUT2D eigenvalue weighted by Crippen LogP contribution is 2.32. The molecule has 0 unspecified atom stereocenters. The average Bonchev–Trinajstić information content (AvgIpc) is 2.82. The number of hydrogen-bond donors (Lipinski definition) is 2. The van der Waals surface area contributed by atoms with Crippen molar-refractivity contribution in [3.63, 3.8) is 0 Å². The van der Waals surface area contributed by atoms with Crippen molar-refractivity contribution in [1.82, 2.24) is 10.3 Å². The van der Waals surface area contributed by atoms with Gasteiger partial charge in [-0.15, -0.1) is 6.42 Å². The normalized spacial score (nSPS) is 11.7. The molecule has 0 spiro atoms. The molecule has 1 amide bonds. The van der Waals surface area contributed by atoms with E-state index in [0.717, 1.165) is 30.5 Å². The SMILES string of the molecule is C#Cc1cc(CNC(=O)/C=C/c2ccc(C(F)(F)F)nc2Oc2ccccc2)cc(F)c1NS(C)(=O)=O. The highest BCUT2D eigenvalue weighted by molar-refractivity contribution is 7.92. The predicted molar refractivity (Wildman–Crippen MR) is 129 cm³/mol. The minimum atomic E-state index is -4.70. The van der Waals surface area contributed by atoms with Gasteiger partial charge in [-0.2, -0.15) is 13.2 Å². The number of hydrogen-bond acceptors (Lipinski definition) is 5. The fraction of sp³-hybridized carbons (Fsp3) is 0.120. The molecule has 0 atom stereocenters. The van der Waals surface area contributed by atoms with Crippen LogP contribution in [0.5, 0.6) is 11.6 Å². The summed E-state index contributed by atoms with van der Waals surface area (Å²) in [7, 11) is -3.78. The maximum atomic E-state index is 14.4. The molecular formula is C25H19F4N3O4S. The number of carbonyl (C=O) groups is 1. The molecule has 0 fully saturated rings. The first-order valence-corrected chi connectivity index (χ1v) is 12.3. The molecule has 1 aromatic heterocycles. The summed E-state index contributed by atoms with van der Waals surface area (Å²) in [6, 6.07) is 12.2. The van der Waals surface area contributed by atoms with E-state index < -0.39 is 33.6 Å². The van der Waals surface area contributed by atoms with Gasteiger partial charge in [0.05, 0.1) is 17.5 Å². The minimum absolute atomic E-state index is 0.0660. The number of ether oxygens (including phenoxy) is 1. The molecule has 37 heavy (non-hydrogen) atoms. The molecule has 0 bridgehead atoms. The van der Waals surface area contributed by atoms with Gasteiger partial charge in [-0.25, -0.2) is 17.8 Å². The van der Waals surface area contributed by atoms with E-state index in [4.69, 9.17) is 11.2 Å². The number of benzene rings is 2. The number of rotatable bonds is 8. The standard InChI is InChI=1S/C25H19F4N3O4S/c1-3-17-13-16(14-20(26)23(17)32-37(2,34)35)15-30-22(33)12-10-18-9-11-21(25(27,28)29)31-24(18)36-19-7-5-4-6-8-19/h1,4-14,32H,15H2,2H3,(H,30,33)/b12-10+. The Morgan fingerprint density at radius 2 is 1.86 bits per heavy atom. The number of nitrogens with one attached hydrogen (secondary N) is 2. The van der Waals surface area contributed by atoms with Gasteiger partial charge in [-0.3, -0.25) is 9.52 Å². The lowest BCUT2D eigenvalue weighted by Crippen LogP contribution is -2.20. The topological polar surface area (TPSA) is 97.4 Å². The second kappa shape index (κ2) is 11.1. The van der Waals surface area contributed by atoms with Crippen LogP contribution in [0.25, 0.3) is 6.08 Å². The molecule has 0 aliphatic heterocycles. The van der Waals surface area contributed by atoms with Crippen molar-refractivity contribution in [3.8, 4) is 24.0 Å². The fourth-order valence-electron chi connectivity index (χ4n) is 3.00. The van der Waals surface area contributed by atoms with Gasteiger partial charge in [-0.05, 0) is 48.0 Å². The smallest absolute Gasteiger partial charge is 0.433 e. The Bertz CT molecular complexity index is 1480. The van der Waals surface area contributed by atoms with E-state index in [-0.39, 0.29) is 40.6 Å². The molecule has 0 radical (unpaired) electrons. The van der Waals surface area contributed by atoms with Crippen LogP contribution in [0, 0.1) is 18.2 Å². The first-order chi connectivity index (χ1) is 17.4. The number of terminal acetylenes is 1. The lowest BCUT2D eigenvalue weighted by Gasteiger charge is -2.12. The van der Waals surface area contributed by atoms with Crippen LogP contribution in [0.3, 0.4) is 0 Å². The highest BCUT2D eigenvalue weighted by atomic mass is 32.2. The zero-order valence-corrected chi connectivity index (χ0v) is 20.0. The summed E-state index contributed by atoms with van der Waals surface area (Å²) >= 11 is 0. The molecule has 2 N–H and O–H groups in total. The average molecular weight is 534 g/mol. The number of aromatic nitrogens is 1. The van der Waals surface area contributed by atoms with Crippen molar-refractivity contribution < 1.29 is 35.5 Å². The predicted octanol–water partition coefficient (Wildman–Crippen LogP) is 4.71. The van der Waals surface area contributed by atoms with E-state index >= 15 is 0 Å². The minimum Gasteiger partial charge on any atom is -0.438 e. The van der Waals surface area contributed by atoms with Gasteiger partial charge in [-0.1, -0.05) is 24.1 Å². The van der Waals surface area contributed by atoms with Crippen LogP contribution < -0.4 is 14.8 Å². The maximum absolute atomic E-state index is 14.4. The van der Waals surface area contributed by atoms with Gasteiger partial charge in [0.2, 0.25) is 21.8 Å². The lowest BCUT2D eigenvalue weighted by atomic mass is 10.1. The number of nitrogens with zero attached hydrogens (tertiary/aromatic N) is 1. The molecule has 7 nitrogen and oxygen atoms in total.